The van der Waals surface area contributed by atoms with Crippen LogP contribution in [-0.2, 0) is 30.0 Å². The van der Waals surface area contributed by atoms with Gasteiger partial charge in [-0.15, -0.1) is 0 Å². The maximum absolute atomic E-state index is 9.98. The van der Waals surface area contributed by atoms with Crippen LogP contribution in [0.1, 0.15) is 0 Å². The Balaban J connectivity index is -0.000000411. The minimum absolute atomic E-state index is 0. The van der Waals surface area contributed by atoms with Gasteiger partial charge in [0, 0.05) is 0 Å². The number of aliphatic hydroxyl groups is 10. The van der Waals surface area contributed by atoms with Gasteiger partial charge < -0.3 is 70.9 Å². The zero-order valence-corrected chi connectivity index (χ0v) is 15.0. The Morgan fingerprint density at radius 1 is 0.593 bits per heavy atom. The van der Waals surface area contributed by atoms with Crippen LogP contribution >= 0.6 is 0 Å². The Bertz CT molecular complexity index is 385. The van der Waals surface area contributed by atoms with Gasteiger partial charge in [0.1, 0.15) is 48.8 Å². The standard InChI is InChI=1S/2C6H12O7.Pd/c2*7-1-2(8)3(9)4(10)5(11)6(12)13;/h2*2-5,7-11H,1H2,(H,12,13);/q;;+2/p-2/t2*2-,3-,4+,5-;/m11./s1. The average molecular weight is 497 g/mol. The van der Waals surface area contributed by atoms with Crippen LogP contribution in [0.15, 0.2) is 0 Å². The number of carboxylic acid groups (broad SMARTS) is 2. The summed E-state index contributed by atoms with van der Waals surface area (Å²) >= 11 is 0. The molecule has 0 aromatic rings. The average Bonchev–Trinajstić information content (AvgIpc) is 2.62. The van der Waals surface area contributed by atoms with Crippen LogP contribution in [-0.4, -0.2) is 125 Å². The van der Waals surface area contributed by atoms with E-state index in [-0.39, 0.29) is 20.4 Å². The first-order valence-corrected chi connectivity index (χ1v) is 6.91. The van der Waals surface area contributed by atoms with E-state index in [9.17, 15) is 19.8 Å². The molecule has 14 nitrogen and oxygen atoms in total. The van der Waals surface area contributed by atoms with Gasteiger partial charge in [-0.05, 0) is 0 Å². The van der Waals surface area contributed by atoms with Crippen LogP contribution in [0.4, 0.5) is 0 Å². The van der Waals surface area contributed by atoms with Crippen molar-refractivity contribution in [2.24, 2.45) is 0 Å². The molecule has 0 heterocycles. The molecule has 0 bridgehead atoms. The van der Waals surface area contributed by atoms with Crippen molar-refractivity contribution in [3.8, 4) is 0 Å². The SMILES string of the molecule is O=C([O-])[C@H](O)[C@@H](O)[C@H](O)[C@H](O)CO.O=C([O-])[C@H](O)[C@@H](O)[C@H](O)[C@H](O)CO.[Pd+2]. The first-order valence-electron chi connectivity index (χ1n) is 6.91. The molecule has 10 N–H and O–H groups in total. The van der Waals surface area contributed by atoms with E-state index in [1.165, 1.54) is 0 Å². The van der Waals surface area contributed by atoms with E-state index in [0.29, 0.717) is 0 Å². The molecule has 0 saturated carbocycles. The molecule has 0 aromatic heterocycles. The zero-order chi connectivity index (χ0) is 21.2. The van der Waals surface area contributed by atoms with Gasteiger partial charge in [-0.25, -0.2) is 0 Å². The van der Waals surface area contributed by atoms with Crippen molar-refractivity contribution in [1.29, 1.82) is 0 Å². The number of hydrogen-bond acceptors (Lipinski definition) is 14. The largest absolute Gasteiger partial charge is 2.00 e. The molecule has 0 aliphatic rings. The van der Waals surface area contributed by atoms with Crippen molar-refractivity contribution in [3.63, 3.8) is 0 Å². The minimum Gasteiger partial charge on any atom is -0.547 e. The fraction of sp³-hybridized carbons (Fsp3) is 0.833. The van der Waals surface area contributed by atoms with Crippen molar-refractivity contribution in [2.75, 3.05) is 13.2 Å². The van der Waals surface area contributed by atoms with Gasteiger partial charge in [-0.3, -0.25) is 0 Å². The summed E-state index contributed by atoms with van der Waals surface area (Å²) in [6, 6.07) is 0. The van der Waals surface area contributed by atoms with Crippen LogP contribution in [0.3, 0.4) is 0 Å². The smallest absolute Gasteiger partial charge is 0.547 e. The van der Waals surface area contributed by atoms with Crippen molar-refractivity contribution < 1.29 is 91.3 Å². The molecule has 0 fully saturated rings. The van der Waals surface area contributed by atoms with Crippen molar-refractivity contribution in [3.05, 3.63) is 0 Å². The first-order chi connectivity index (χ1) is 11.8. The second-order valence-corrected chi connectivity index (χ2v) is 4.99. The summed E-state index contributed by atoms with van der Waals surface area (Å²) < 4.78 is 0. The number of hydrogen-bond donors (Lipinski definition) is 10. The molecule has 0 unspecified atom stereocenters. The Hall–Kier alpha value is -0.798. The van der Waals surface area contributed by atoms with Crippen LogP contribution in [0.2, 0.25) is 0 Å². The van der Waals surface area contributed by atoms with Gasteiger partial charge in [0.05, 0.1) is 25.2 Å². The van der Waals surface area contributed by atoms with E-state index >= 15 is 0 Å². The molecule has 0 aromatic carbocycles. The van der Waals surface area contributed by atoms with E-state index in [2.05, 4.69) is 0 Å². The summed E-state index contributed by atoms with van der Waals surface area (Å²) in [5, 5.41) is 107. The number of carbonyl (C=O) groups excluding carboxylic acids is 2. The Morgan fingerprint density at radius 2 is 0.815 bits per heavy atom. The summed E-state index contributed by atoms with van der Waals surface area (Å²) in [6.45, 7) is -1.73. The molecule has 0 amide bonds. The molecule has 0 rings (SSSR count). The summed E-state index contributed by atoms with van der Waals surface area (Å²) in [7, 11) is 0. The topological polar surface area (TPSA) is 283 Å². The van der Waals surface area contributed by atoms with Gasteiger partial charge in [0.2, 0.25) is 0 Å². The first kappa shape index (κ1) is 30.9. The van der Waals surface area contributed by atoms with E-state index in [0.717, 1.165) is 0 Å². The summed E-state index contributed by atoms with van der Waals surface area (Å²) in [6.07, 6.45) is -16.2. The van der Waals surface area contributed by atoms with Gasteiger partial charge in [-0.2, -0.15) is 0 Å². The van der Waals surface area contributed by atoms with Crippen molar-refractivity contribution in [1.82, 2.24) is 0 Å². The third-order valence-corrected chi connectivity index (χ3v) is 2.99. The maximum atomic E-state index is 9.98. The second kappa shape index (κ2) is 15.2. The van der Waals surface area contributed by atoms with Crippen LogP contribution in [0.25, 0.3) is 0 Å². The fourth-order valence-electron chi connectivity index (χ4n) is 1.32. The molecule has 164 valence electrons. The predicted octanol–water partition coefficient (Wildman–Crippen LogP) is -9.66. The van der Waals surface area contributed by atoms with Crippen LogP contribution in [0, 0.1) is 0 Å². The van der Waals surface area contributed by atoms with E-state index in [1.54, 1.807) is 0 Å². The molecule has 0 saturated heterocycles. The summed E-state index contributed by atoms with van der Waals surface area (Å²) in [4.78, 5) is 20.0. The number of carboxylic acids is 2. The molecular formula is C12H22O14Pd. The molecule has 0 spiro atoms. The third-order valence-electron chi connectivity index (χ3n) is 2.99. The van der Waals surface area contributed by atoms with Crippen molar-refractivity contribution in [2.45, 2.75) is 48.8 Å². The monoisotopic (exact) mass is 496 g/mol. The Kier molecular flexibility index (Phi) is 17.4. The van der Waals surface area contributed by atoms with Crippen LogP contribution in [0.5, 0.6) is 0 Å². The molecule has 0 radical (unpaired) electrons. The van der Waals surface area contributed by atoms with Gasteiger partial charge in [-0.1, -0.05) is 0 Å². The quantitative estimate of drug-likeness (QED) is 0.126. The fourth-order valence-corrected chi connectivity index (χ4v) is 1.32. The Morgan fingerprint density at radius 3 is 0.963 bits per heavy atom. The van der Waals surface area contributed by atoms with Gasteiger partial charge in [0.15, 0.2) is 0 Å². The molecule has 0 aliphatic carbocycles. The van der Waals surface area contributed by atoms with Gasteiger partial charge >= 0.3 is 20.4 Å². The molecule has 27 heavy (non-hydrogen) atoms. The van der Waals surface area contributed by atoms with Gasteiger partial charge in [0.25, 0.3) is 0 Å². The maximum Gasteiger partial charge on any atom is 2.00 e. The third kappa shape index (κ3) is 10.9. The minimum atomic E-state index is -2.31. The normalized spacial score (nSPS) is 19.6. The zero-order valence-electron chi connectivity index (χ0n) is 13.5. The van der Waals surface area contributed by atoms with E-state index < -0.39 is 74.0 Å². The van der Waals surface area contributed by atoms with E-state index in [4.69, 9.17) is 51.1 Å². The predicted molar refractivity (Wildman–Crippen MR) is 72.2 cm³/mol. The summed E-state index contributed by atoms with van der Waals surface area (Å²) in [5.74, 6) is -3.95. The number of aliphatic carboxylic acids is 2. The van der Waals surface area contributed by atoms with Crippen LogP contribution < -0.4 is 10.2 Å². The second-order valence-electron chi connectivity index (χ2n) is 4.99. The number of rotatable bonds is 10. The molecule has 0 aliphatic heterocycles. The number of aliphatic hydroxyl groups excluding tert-OH is 10. The van der Waals surface area contributed by atoms with Crippen molar-refractivity contribution >= 4 is 11.9 Å². The molecular weight excluding hydrogens is 475 g/mol. The summed E-state index contributed by atoms with van der Waals surface area (Å²) in [5.41, 5.74) is 0. The Labute approximate surface area is 165 Å². The molecule has 15 heteroatoms. The van der Waals surface area contributed by atoms with E-state index in [1.807, 2.05) is 0 Å². The molecule has 8 atom stereocenters. The number of carbonyl (C=O) groups is 2.